The lowest BCUT2D eigenvalue weighted by atomic mass is 9.78. The second-order valence-electron chi connectivity index (χ2n) is 9.66. The van der Waals surface area contributed by atoms with E-state index in [-0.39, 0.29) is 33.1 Å². The third-order valence-corrected chi connectivity index (χ3v) is 7.73. The van der Waals surface area contributed by atoms with Crippen LogP contribution in [0.1, 0.15) is 50.5 Å². The van der Waals surface area contributed by atoms with E-state index < -0.39 is 46.6 Å². The Kier molecular flexibility index (Phi) is 5.61. The molecule has 1 unspecified atom stereocenters. The number of hydrogen-bond donors (Lipinski definition) is 1. The number of aliphatic hydroxyl groups excluding tert-OH is 1. The lowest BCUT2D eigenvalue weighted by Crippen LogP contribution is -2.41. The van der Waals surface area contributed by atoms with Crippen molar-refractivity contribution < 1.29 is 36.4 Å². The van der Waals surface area contributed by atoms with E-state index in [4.69, 9.17) is 14.0 Å². The van der Waals surface area contributed by atoms with E-state index in [1.54, 1.807) is 12.1 Å². The van der Waals surface area contributed by atoms with Crippen molar-refractivity contribution in [3.8, 4) is 17.6 Å². The van der Waals surface area contributed by atoms with Crippen molar-refractivity contribution in [2.24, 2.45) is 0 Å². The van der Waals surface area contributed by atoms with Crippen LogP contribution in [0.25, 0.3) is 0 Å². The average Bonchev–Trinajstić information content (AvgIpc) is 3.09. The number of sulfone groups is 1. The summed E-state index contributed by atoms with van der Waals surface area (Å²) in [6, 6.07) is 9.03. The van der Waals surface area contributed by atoms with Gasteiger partial charge in [-0.3, -0.25) is 0 Å². The van der Waals surface area contributed by atoms with Crippen LogP contribution in [0.15, 0.2) is 35.2 Å². The zero-order valence-electron chi connectivity index (χ0n) is 19.3. The van der Waals surface area contributed by atoms with Gasteiger partial charge in [-0.2, -0.15) is 5.26 Å². The Hall–Kier alpha value is -2.52. The van der Waals surface area contributed by atoms with Crippen LogP contribution >= 0.6 is 0 Å². The SMILES string of the molecule is CC1(C)OB(c2cc(C#N)cc(Oc3ccc(S(C)(=O)=O)c4c3CC(F)(F)C4O)c2)OC1(C)C. The molecule has 0 bridgehead atoms. The number of halogens is 2. The minimum Gasteiger partial charge on any atom is -0.457 e. The Morgan fingerprint density at radius 3 is 2.32 bits per heavy atom. The van der Waals surface area contributed by atoms with Crippen LogP contribution in [0.2, 0.25) is 0 Å². The third kappa shape index (κ3) is 4.09. The fourth-order valence-corrected chi connectivity index (χ4v) is 5.01. The molecule has 0 amide bonds. The summed E-state index contributed by atoms with van der Waals surface area (Å²) in [7, 11) is -4.66. The van der Waals surface area contributed by atoms with Crippen molar-refractivity contribution in [2.45, 2.75) is 62.2 Å². The molecular formula is C23H24BF2NO6S. The summed E-state index contributed by atoms with van der Waals surface area (Å²) in [5.74, 6) is -3.43. The first-order valence-corrected chi connectivity index (χ1v) is 12.5. The number of alkyl halides is 2. The Labute approximate surface area is 197 Å². The van der Waals surface area contributed by atoms with Crippen molar-refractivity contribution in [3.05, 3.63) is 47.0 Å². The van der Waals surface area contributed by atoms with Crippen molar-refractivity contribution >= 4 is 22.4 Å². The molecule has 2 aliphatic rings. The molecule has 1 atom stereocenters. The van der Waals surface area contributed by atoms with Gasteiger partial charge in [0, 0.05) is 23.8 Å². The molecule has 1 aliphatic carbocycles. The monoisotopic (exact) mass is 491 g/mol. The average molecular weight is 491 g/mol. The molecule has 1 saturated heterocycles. The van der Waals surface area contributed by atoms with Crippen LogP contribution in [-0.4, -0.2) is 44.0 Å². The van der Waals surface area contributed by atoms with Crippen LogP contribution < -0.4 is 10.2 Å². The molecular weight excluding hydrogens is 467 g/mol. The molecule has 0 radical (unpaired) electrons. The van der Waals surface area contributed by atoms with Crippen LogP contribution in [0.3, 0.4) is 0 Å². The molecule has 34 heavy (non-hydrogen) atoms. The second-order valence-corrected chi connectivity index (χ2v) is 11.6. The Morgan fingerprint density at radius 2 is 1.76 bits per heavy atom. The van der Waals surface area contributed by atoms with Crippen molar-refractivity contribution in [1.82, 2.24) is 0 Å². The summed E-state index contributed by atoms with van der Waals surface area (Å²) < 4.78 is 71.0. The van der Waals surface area contributed by atoms with Gasteiger partial charge in [0.1, 0.15) is 17.6 Å². The van der Waals surface area contributed by atoms with E-state index >= 15 is 0 Å². The zero-order chi connectivity index (χ0) is 25.3. The number of fused-ring (bicyclic) bond motifs is 1. The number of rotatable bonds is 4. The second kappa shape index (κ2) is 7.75. The van der Waals surface area contributed by atoms with Gasteiger partial charge in [-0.1, -0.05) is 0 Å². The normalized spacial score (nSPS) is 22.3. The zero-order valence-corrected chi connectivity index (χ0v) is 20.2. The summed E-state index contributed by atoms with van der Waals surface area (Å²) >= 11 is 0. The quantitative estimate of drug-likeness (QED) is 0.655. The highest BCUT2D eigenvalue weighted by Crippen LogP contribution is 2.49. The van der Waals surface area contributed by atoms with E-state index in [0.717, 1.165) is 12.3 Å². The summed E-state index contributed by atoms with van der Waals surface area (Å²) in [5, 5.41) is 19.7. The molecule has 0 saturated carbocycles. The van der Waals surface area contributed by atoms with Crippen molar-refractivity contribution in [3.63, 3.8) is 0 Å². The molecule has 2 aromatic carbocycles. The lowest BCUT2D eigenvalue weighted by molar-refractivity contribution is -0.0976. The minimum absolute atomic E-state index is 0.0337. The van der Waals surface area contributed by atoms with Gasteiger partial charge in [0.05, 0.1) is 27.7 Å². The molecule has 0 spiro atoms. The van der Waals surface area contributed by atoms with E-state index in [1.807, 2.05) is 33.8 Å². The van der Waals surface area contributed by atoms with Crippen LogP contribution in [0.5, 0.6) is 11.5 Å². The third-order valence-electron chi connectivity index (χ3n) is 6.57. The standard InChI is InChI=1S/C23H24BF2NO6S/c1-21(2)22(3,4)33-24(32-21)14-8-13(12-27)9-15(10-14)31-17-6-7-18(34(5,29)30)19-16(17)11-23(25,26)20(19)28/h6-10,20,28H,11H2,1-5H3. The Balaban J connectivity index is 1.77. The van der Waals surface area contributed by atoms with Crippen LogP contribution in [-0.2, 0) is 25.6 Å². The Bertz CT molecular complexity index is 1300. The smallest absolute Gasteiger partial charge is 0.457 e. The maximum atomic E-state index is 14.4. The van der Waals surface area contributed by atoms with E-state index in [0.29, 0.717) is 5.46 Å². The maximum absolute atomic E-state index is 14.4. The Morgan fingerprint density at radius 1 is 1.15 bits per heavy atom. The van der Waals surface area contributed by atoms with Gasteiger partial charge in [0.2, 0.25) is 0 Å². The van der Waals surface area contributed by atoms with E-state index in [1.165, 1.54) is 12.1 Å². The molecule has 1 N–H and O–H groups in total. The number of nitriles is 1. The van der Waals surface area contributed by atoms with E-state index in [9.17, 15) is 27.6 Å². The van der Waals surface area contributed by atoms with Crippen LogP contribution in [0, 0.1) is 11.3 Å². The molecule has 4 rings (SSSR count). The van der Waals surface area contributed by atoms with Gasteiger partial charge < -0.3 is 19.2 Å². The highest BCUT2D eigenvalue weighted by Gasteiger charge is 2.52. The largest absolute Gasteiger partial charge is 0.495 e. The fourth-order valence-electron chi connectivity index (χ4n) is 4.06. The van der Waals surface area contributed by atoms with Gasteiger partial charge in [-0.15, -0.1) is 0 Å². The van der Waals surface area contributed by atoms with E-state index in [2.05, 4.69) is 0 Å². The van der Waals surface area contributed by atoms with Gasteiger partial charge >= 0.3 is 7.12 Å². The van der Waals surface area contributed by atoms with Crippen molar-refractivity contribution in [1.29, 1.82) is 5.26 Å². The number of benzene rings is 2. The number of ether oxygens (including phenoxy) is 1. The predicted molar refractivity (Wildman–Crippen MR) is 120 cm³/mol. The predicted octanol–water partition coefficient (Wildman–Crippen LogP) is 3.28. The minimum atomic E-state index is -3.88. The lowest BCUT2D eigenvalue weighted by Gasteiger charge is -2.32. The first kappa shape index (κ1) is 24.6. The van der Waals surface area contributed by atoms with Gasteiger partial charge in [-0.25, -0.2) is 17.2 Å². The molecule has 7 nitrogen and oxygen atoms in total. The van der Waals surface area contributed by atoms with Gasteiger partial charge in [0.15, 0.2) is 9.84 Å². The fraction of sp³-hybridized carbons (Fsp3) is 0.435. The molecule has 1 fully saturated rings. The molecule has 1 heterocycles. The molecule has 1 aliphatic heterocycles. The molecule has 0 aromatic heterocycles. The topological polar surface area (TPSA) is 106 Å². The maximum Gasteiger partial charge on any atom is 0.495 e. The number of hydrogen-bond acceptors (Lipinski definition) is 7. The van der Waals surface area contributed by atoms with Gasteiger partial charge in [0.25, 0.3) is 5.92 Å². The summed E-state index contributed by atoms with van der Waals surface area (Å²) in [5.41, 5.74) is -0.969. The van der Waals surface area contributed by atoms with Gasteiger partial charge in [-0.05, 0) is 63.5 Å². The summed E-state index contributed by atoms with van der Waals surface area (Å²) in [6.45, 7) is 7.54. The summed E-state index contributed by atoms with van der Waals surface area (Å²) in [6.07, 6.45) is -2.27. The molecule has 180 valence electrons. The highest BCUT2D eigenvalue weighted by molar-refractivity contribution is 7.90. The van der Waals surface area contributed by atoms with Crippen LogP contribution in [0.4, 0.5) is 8.78 Å². The molecule has 11 heteroatoms. The summed E-state index contributed by atoms with van der Waals surface area (Å²) in [4.78, 5) is -0.372. The highest BCUT2D eigenvalue weighted by atomic mass is 32.2. The number of nitrogens with zero attached hydrogens (tertiary/aromatic N) is 1. The first-order valence-electron chi connectivity index (χ1n) is 10.6. The van der Waals surface area contributed by atoms with Crippen molar-refractivity contribution in [2.75, 3.05) is 6.26 Å². The first-order chi connectivity index (χ1) is 15.6. The molecule has 2 aromatic rings. The number of aliphatic hydroxyl groups is 1.